The lowest BCUT2D eigenvalue weighted by Gasteiger charge is -2.42. The number of para-hydroxylation sites is 2. The van der Waals surface area contributed by atoms with Gasteiger partial charge in [0.2, 0.25) is 0 Å². The predicted molar refractivity (Wildman–Crippen MR) is 291 cm³/mol. The monoisotopic (exact) mass is 913 g/mol. The number of benzene rings is 11. The summed E-state index contributed by atoms with van der Waals surface area (Å²) in [7, 11) is -2.12. The molecule has 0 radical (unpaired) electrons. The van der Waals surface area contributed by atoms with E-state index in [1.807, 2.05) is 0 Å². The molecule has 0 atom stereocenters. The van der Waals surface area contributed by atoms with E-state index in [0.717, 1.165) is 50.1 Å². The van der Waals surface area contributed by atoms with E-state index in [1.54, 1.807) is 0 Å². The SMILES string of the molecule is c1ccc(-c2cccc3c2oc2c(N(c4ccccc4)c4ccc(C5(c6ccccc6)c6ccccc6-c6ccccc65)cc4)ccc(S(c4ccccc4)(c4ccccc4)c4ccccc4)c23)cc1. The lowest BCUT2D eigenvalue weighted by Crippen LogP contribution is -2.28. The van der Waals surface area contributed by atoms with Crippen molar-refractivity contribution in [3.05, 3.63) is 307 Å². The molecule has 70 heavy (non-hydrogen) atoms. The summed E-state index contributed by atoms with van der Waals surface area (Å²) in [5, 5.41) is 2.19. The van der Waals surface area contributed by atoms with Gasteiger partial charge in [-0.2, -0.15) is 0 Å². The molecule has 0 spiro atoms. The van der Waals surface area contributed by atoms with E-state index in [9.17, 15) is 0 Å². The summed E-state index contributed by atoms with van der Waals surface area (Å²) < 4.78 is 7.57. The van der Waals surface area contributed by atoms with Gasteiger partial charge in [0, 0.05) is 47.3 Å². The van der Waals surface area contributed by atoms with Crippen molar-refractivity contribution >= 4 is 49.0 Å². The average molecular weight is 914 g/mol. The molecule has 0 amide bonds. The third kappa shape index (κ3) is 6.36. The highest BCUT2D eigenvalue weighted by molar-refractivity contribution is 8.34. The minimum absolute atomic E-state index is 0.509. The number of nitrogens with zero attached hydrogens (tertiary/aromatic N) is 1. The molecule has 0 saturated carbocycles. The second-order valence-electron chi connectivity index (χ2n) is 17.9. The van der Waals surface area contributed by atoms with Crippen molar-refractivity contribution in [3.8, 4) is 22.3 Å². The van der Waals surface area contributed by atoms with Crippen molar-refractivity contribution in [1.29, 1.82) is 0 Å². The van der Waals surface area contributed by atoms with Gasteiger partial charge in [-0.25, -0.2) is 0 Å². The Kier molecular flexibility index (Phi) is 10.2. The second-order valence-corrected chi connectivity index (χ2v) is 21.0. The first-order valence-corrected chi connectivity index (χ1v) is 25.6. The maximum atomic E-state index is 7.57. The molecule has 0 unspecified atom stereocenters. The van der Waals surface area contributed by atoms with E-state index >= 15 is 0 Å². The zero-order valence-electron chi connectivity index (χ0n) is 38.4. The number of furan rings is 1. The van der Waals surface area contributed by atoms with Gasteiger partial charge in [-0.15, -0.1) is 10.0 Å². The summed E-state index contributed by atoms with van der Waals surface area (Å²) in [6.45, 7) is 0. The first-order valence-electron chi connectivity index (χ1n) is 24.0. The fourth-order valence-corrected chi connectivity index (χ4v) is 15.4. The van der Waals surface area contributed by atoms with Gasteiger partial charge in [0.1, 0.15) is 5.58 Å². The number of hydrogen-bond donors (Lipinski definition) is 0. The predicted octanol–water partition coefficient (Wildman–Crippen LogP) is 18.4. The summed E-state index contributed by atoms with van der Waals surface area (Å²) in [5.74, 6) is 0. The van der Waals surface area contributed by atoms with E-state index in [0.29, 0.717) is 0 Å². The second kappa shape index (κ2) is 17.2. The summed E-state index contributed by atoms with van der Waals surface area (Å²) in [6.07, 6.45) is 0. The van der Waals surface area contributed by atoms with Crippen LogP contribution in [0.1, 0.15) is 22.3 Å². The van der Waals surface area contributed by atoms with Crippen molar-refractivity contribution in [1.82, 2.24) is 0 Å². The maximum absolute atomic E-state index is 7.57. The van der Waals surface area contributed by atoms with Crippen molar-refractivity contribution in [3.63, 3.8) is 0 Å². The zero-order chi connectivity index (χ0) is 46.5. The quantitative estimate of drug-likeness (QED) is 0.136. The maximum Gasteiger partial charge on any atom is 0.160 e. The van der Waals surface area contributed by atoms with Gasteiger partial charge in [0.15, 0.2) is 5.58 Å². The van der Waals surface area contributed by atoms with Crippen LogP contribution in [0.5, 0.6) is 0 Å². The third-order valence-corrected chi connectivity index (χ3v) is 18.2. The Morgan fingerprint density at radius 3 is 1.33 bits per heavy atom. The highest BCUT2D eigenvalue weighted by Gasteiger charge is 2.46. The molecule has 2 nitrogen and oxygen atoms in total. The molecule has 332 valence electrons. The average Bonchev–Trinajstić information content (AvgIpc) is 3.99. The molecule has 1 aromatic heterocycles. The molecule has 0 fully saturated rings. The fourth-order valence-electron chi connectivity index (χ4n) is 11.4. The Hall–Kier alpha value is -8.63. The summed E-state index contributed by atoms with van der Waals surface area (Å²) >= 11 is 0. The van der Waals surface area contributed by atoms with Gasteiger partial charge in [-0.3, -0.25) is 0 Å². The van der Waals surface area contributed by atoms with Crippen LogP contribution in [0.3, 0.4) is 0 Å². The van der Waals surface area contributed by atoms with E-state index in [-0.39, 0.29) is 0 Å². The Labute approximate surface area is 410 Å². The topological polar surface area (TPSA) is 16.4 Å². The lowest BCUT2D eigenvalue weighted by atomic mass is 9.68. The molecular formula is C67H47NOS. The Bertz CT molecular complexity index is 3660. The van der Waals surface area contributed by atoms with Gasteiger partial charge >= 0.3 is 0 Å². The van der Waals surface area contributed by atoms with Gasteiger partial charge in [-0.05, 0) is 112 Å². The molecule has 1 heterocycles. The first kappa shape index (κ1) is 41.5. The minimum atomic E-state index is -2.12. The van der Waals surface area contributed by atoms with Crippen LogP contribution in [0.25, 0.3) is 44.2 Å². The largest absolute Gasteiger partial charge is 0.453 e. The van der Waals surface area contributed by atoms with E-state index in [1.165, 1.54) is 53.0 Å². The summed E-state index contributed by atoms with van der Waals surface area (Å²) in [4.78, 5) is 7.39. The molecule has 1 aliphatic rings. The number of fused-ring (bicyclic) bond motifs is 6. The van der Waals surface area contributed by atoms with Crippen LogP contribution in [0.4, 0.5) is 17.1 Å². The van der Waals surface area contributed by atoms with Gasteiger partial charge < -0.3 is 9.32 Å². The number of anilines is 3. The number of rotatable bonds is 10. The lowest BCUT2D eigenvalue weighted by molar-refractivity contribution is 0.669. The van der Waals surface area contributed by atoms with E-state index in [4.69, 9.17) is 4.42 Å². The van der Waals surface area contributed by atoms with Crippen LogP contribution in [0.15, 0.2) is 309 Å². The van der Waals surface area contributed by atoms with Gasteiger partial charge in [0.05, 0.1) is 11.1 Å². The van der Waals surface area contributed by atoms with Crippen LogP contribution in [-0.2, 0) is 5.41 Å². The van der Waals surface area contributed by atoms with Crippen LogP contribution < -0.4 is 4.90 Å². The van der Waals surface area contributed by atoms with Crippen LogP contribution in [-0.4, -0.2) is 0 Å². The molecule has 0 N–H and O–H groups in total. The van der Waals surface area contributed by atoms with Crippen LogP contribution in [0.2, 0.25) is 0 Å². The Morgan fingerprint density at radius 1 is 0.329 bits per heavy atom. The normalized spacial score (nSPS) is 12.9. The third-order valence-electron chi connectivity index (χ3n) is 14.3. The van der Waals surface area contributed by atoms with Gasteiger partial charge in [0.25, 0.3) is 0 Å². The fraction of sp³-hybridized carbons (Fsp3) is 0.0149. The standard InChI is InChI=1S/C67H47NOS/c1-7-24-48(25-8-1)56-38-23-39-59-64-63(70(53-30-13-4-14-31-53,54-32-15-5-16-33-54)55-34-17-6-18-35-55)47-46-62(66(64)69-65(56)59)68(51-28-11-3-12-29-51)52-44-42-50(43-45-52)67(49-26-9-2-10-27-49)60-40-21-19-36-57(60)58-37-20-22-41-61(58)67/h1-47H. The van der Waals surface area contributed by atoms with Crippen molar-refractivity contribution in [2.24, 2.45) is 0 Å². The van der Waals surface area contributed by atoms with Crippen LogP contribution in [0, 0.1) is 0 Å². The molecule has 0 bridgehead atoms. The molecule has 0 aliphatic heterocycles. The summed E-state index contributed by atoms with van der Waals surface area (Å²) in [6, 6.07) is 104. The molecular weight excluding hydrogens is 867 g/mol. The minimum Gasteiger partial charge on any atom is -0.453 e. The molecule has 3 heteroatoms. The molecule has 12 aromatic rings. The molecule has 0 saturated heterocycles. The Morgan fingerprint density at radius 2 is 0.771 bits per heavy atom. The van der Waals surface area contributed by atoms with E-state index in [2.05, 4.69) is 290 Å². The smallest absolute Gasteiger partial charge is 0.160 e. The highest BCUT2D eigenvalue weighted by atomic mass is 32.3. The highest BCUT2D eigenvalue weighted by Crippen LogP contribution is 2.75. The van der Waals surface area contributed by atoms with Crippen molar-refractivity contribution < 1.29 is 4.42 Å². The van der Waals surface area contributed by atoms with Gasteiger partial charge in [-0.1, -0.05) is 212 Å². The zero-order valence-corrected chi connectivity index (χ0v) is 39.2. The molecule has 13 rings (SSSR count). The van der Waals surface area contributed by atoms with E-state index < -0.39 is 15.4 Å². The van der Waals surface area contributed by atoms with Crippen LogP contribution >= 0.6 is 10.0 Å². The molecule has 11 aromatic carbocycles. The molecule has 1 aliphatic carbocycles. The van der Waals surface area contributed by atoms with Crippen molar-refractivity contribution in [2.45, 2.75) is 25.0 Å². The Balaban J connectivity index is 1.10. The summed E-state index contributed by atoms with van der Waals surface area (Å²) in [5.41, 5.74) is 14.0. The number of hydrogen-bond acceptors (Lipinski definition) is 2. The van der Waals surface area contributed by atoms with Crippen molar-refractivity contribution in [2.75, 3.05) is 4.90 Å². The first-order chi connectivity index (χ1) is 34.8.